The summed E-state index contributed by atoms with van der Waals surface area (Å²) < 4.78 is 0. The highest BCUT2D eigenvalue weighted by atomic mass is 15.1. The lowest BCUT2D eigenvalue weighted by molar-refractivity contribution is 1.28. The van der Waals surface area contributed by atoms with Crippen molar-refractivity contribution in [1.29, 1.82) is 0 Å². The van der Waals surface area contributed by atoms with E-state index in [1.54, 1.807) is 0 Å². The minimum absolute atomic E-state index is 1.14. The van der Waals surface area contributed by atoms with Gasteiger partial charge in [0.05, 0.1) is 5.69 Å². The second-order valence-electron chi connectivity index (χ2n) is 8.63. The number of hydrogen-bond acceptors (Lipinski definition) is 1. The van der Waals surface area contributed by atoms with Gasteiger partial charge in [-0.1, -0.05) is 115 Å². The van der Waals surface area contributed by atoms with Gasteiger partial charge in [-0.15, -0.1) is 0 Å². The van der Waals surface area contributed by atoms with Crippen LogP contribution in [0.25, 0.3) is 33.0 Å². The number of para-hydroxylation sites is 3. The van der Waals surface area contributed by atoms with Crippen molar-refractivity contribution in [3.63, 3.8) is 0 Å². The molecular formula is C34H25N. The van der Waals surface area contributed by atoms with E-state index in [4.69, 9.17) is 0 Å². The predicted octanol–water partition coefficient (Wildman–Crippen LogP) is 9.64. The van der Waals surface area contributed by atoms with Crippen LogP contribution in [0.5, 0.6) is 0 Å². The number of hydrogen-bond donors (Lipinski definition) is 0. The van der Waals surface area contributed by atoms with Crippen LogP contribution in [0.2, 0.25) is 0 Å². The zero-order valence-corrected chi connectivity index (χ0v) is 19.4. The zero-order chi connectivity index (χ0) is 23.5. The lowest BCUT2D eigenvalue weighted by atomic mass is 9.94. The van der Waals surface area contributed by atoms with Crippen LogP contribution in [0, 0.1) is 0 Å². The molecular weight excluding hydrogens is 422 g/mol. The van der Waals surface area contributed by atoms with Gasteiger partial charge >= 0.3 is 0 Å². The average molecular weight is 448 g/mol. The standard InChI is InChI=1S/C34H25N/c1-3-17-29(18-4-1)35(30-19-5-2-6-20-30)34-24-10-9-22-33(34)28-16-11-15-27(25-28)32-23-12-14-26-13-7-8-21-31(26)32/h1-25H. The minimum atomic E-state index is 1.14. The summed E-state index contributed by atoms with van der Waals surface area (Å²) in [5.41, 5.74) is 8.29. The monoisotopic (exact) mass is 447 g/mol. The van der Waals surface area contributed by atoms with Gasteiger partial charge in [-0.25, -0.2) is 0 Å². The normalized spacial score (nSPS) is 10.9. The van der Waals surface area contributed by atoms with Crippen molar-refractivity contribution in [3.05, 3.63) is 152 Å². The molecule has 0 atom stereocenters. The molecule has 0 unspecified atom stereocenters. The fourth-order valence-corrected chi connectivity index (χ4v) is 4.83. The Hall–Kier alpha value is -4.62. The van der Waals surface area contributed by atoms with E-state index in [1.165, 1.54) is 33.0 Å². The molecule has 166 valence electrons. The van der Waals surface area contributed by atoms with Crippen LogP contribution in [0.15, 0.2) is 152 Å². The molecule has 0 aliphatic rings. The number of fused-ring (bicyclic) bond motifs is 1. The Morgan fingerprint density at radius 1 is 0.371 bits per heavy atom. The highest BCUT2D eigenvalue weighted by molar-refractivity contribution is 5.98. The van der Waals surface area contributed by atoms with Crippen molar-refractivity contribution >= 4 is 27.8 Å². The van der Waals surface area contributed by atoms with E-state index in [1.807, 2.05) is 0 Å². The first-order valence-corrected chi connectivity index (χ1v) is 12.0. The lowest BCUT2D eigenvalue weighted by Crippen LogP contribution is -2.10. The van der Waals surface area contributed by atoms with Gasteiger partial charge in [0.15, 0.2) is 0 Å². The summed E-state index contributed by atoms with van der Waals surface area (Å²) in [5.74, 6) is 0. The summed E-state index contributed by atoms with van der Waals surface area (Å²) in [6.45, 7) is 0. The molecule has 0 N–H and O–H groups in total. The van der Waals surface area contributed by atoms with Gasteiger partial charge in [0.25, 0.3) is 0 Å². The lowest BCUT2D eigenvalue weighted by Gasteiger charge is -2.28. The predicted molar refractivity (Wildman–Crippen MR) is 150 cm³/mol. The van der Waals surface area contributed by atoms with Crippen LogP contribution < -0.4 is 4.90 Å². The van der Waals surface area contributed by atoms with Gasteiger partial charge in [0, 0.05) is 16.9 Å². The average Bonchev–Trinajstić information content (AvgIpc) is 2.94. The molecule has 0 radical (unpaired) electrons. The Kier molecular flexibility index (Phi) is 5.58. The van der Waals surface area contributed by atoms with E-state index < -0.39 is 0 Å². The summed E-state index contributed by atoms with van der Waals surface area (Å²) >= 11 is 0. The van der Waals surface area contributed by atoms with E-state index in [-0.39, 0.29) is 0 Å². The van der Waals surface area contributed by atoms with E-state index in [0.717, 1.165) is 17.1 Å². The molecule has 0 saturated carbocycles. The Morgan fingerprint density at radius 3 is 1.63 bits per heavy atom. The second-order valence-corrected chi connectivity index (χ2v) is 8.63. The molecule has 0 fully saturated rings. The highest BCUT2D eigenvalue weighted by Gasteiger charge is 2.16. The van der Waals surface area contributed by atoms with E-state index in [0.29, 0.717) is 0 Å². The molecule has 1 heteroatoms. The van der Waals surface area contributed by atoms with E-state index in [2.05, 4.69) is 157 Å². The molecule has 0 spiro atoms. The van der Waals surface area contributed by atoms with Crippen LogP contribution in [0.4, 0.5) is 17.1 Å². The Bertz CT molecular complexity index is 1540. The van der Waals surface area contributed by atoms with Crippen molar-refractivity contribution in [3.8, 4) is 22.3 Å². The summed E-state index contributed by atoms with van der Waals surface area (Å²) in [4.78, 5) is 2.33. The maximum Gasteiger partial charge on any atom is 0.0540 e. The Labute approximate surface area is 206 Å². The maximum atomic E-state index is 2.33. The van der Waals surface area contributed by atoms with Crippen LogP contribution in [-0.4, -0.2) is 0 Å². The molecule has 35 heavy (non-hydrogen) atoms. The molecule has 6 aromatic carbocycles. The maximum absolute atomic E-state index is 2.33. The molecule has 0 aromatic heterocycles. The van der Waals surface area contributed by atoms with Crippen molar-refractivity contribution in [2.75, 3.05) is 4.90 Å². The summed E-state index contributed by atoms with van der Waals surface area (Å²) in [6, 6.07) is 53.8. The van der Waals surface area contributed by atoms with Crippen molar-refractivity contribution < 1.29 is 0 Å². The van der Waals surface area contributed by atoms with E-state index >= 15 is 0 Å². The Balaban J connectivity index is 1.52. The highest BCUT2D eigenvalue weighted by Crippen LogP contribution is 2.41. The van der Waals surface area contributed by atoms with Gasteiger partial charge in [0.1, 0.15) is 0 Å². The summed E-state index contributed by atoms with van der Waals surface area (Å²) in [7, 11) is 0. The second kappa shape index (κ2) is 9.32. The fraction of sp³-hybridized carbons (Fsp3) is 0. The van der Waals surface area contributed by atoms with E-state index in [9.17, 15) is 0 Å². The van der Waals surface area contributed by atoms with Crippen LogP contribution in [-0.2, 0) is 0 Å². The third kappa shape index (κ3) is 4.09. The molecule has 0 saturated heterocycles. The largest absolute Gasteiger partial charge is 0.310 e. The Morgan fingerprint density at radius 2 is 0.886 bits per heavy atom. The first kappa shape index (κ1) is 20.9. The first-order chi connectivity index (χ1) is 17.4. The van der Waals surface area contributed by atoms with Gasteiger partial charge in [-0.05, 0) is 63.9 Å². The van der Waals surface area contributed by atoms with Crippen LogP contribution in [0.1, 0.15) is 0 Å². The quantitative estimate of drug-likeness (QED) is 0.254. The van der Waals surface area contributed by atoms with Gasteiger partial charge in [-0.3, -0.25) is 0 Å². The third-order valence-corrected chi connectivity index (χ3v) is 6.45. The summed E-state index contributed by atoms with van der Waals surface area (Å²) in [6.07, 6.45) is 0. The van der Waals surface area contributed by atoms with Gasteiger partial charge in [-0.2, -0.15) is 0 Å². The van der Waals surface area contributed by atoms with Crippen LogP contribution in [0.3, 0.4) is 0 Å². The SMILES string of the molecule is c1ccc(N(c2ccccc2)c2ccccc2-c2cccc(-c3cccc4ccccc34)c2)cc1. The molecule has 6 rings (SSSR count). The zero-order valence-electron chi connectivity index (χ0n) is 19.4. The molecule has 0 bridgehead atoms. The molecule has 0 aliphatic carbocycles. The molecule has 0 amide bonds. The van der Waals surface area contributed by atoms with Crippen molar-refractivity contribution in [1.82, 2.24) is 0 Å². The van der Waals surface area contributed by atoms with Gasteiger partial charge in [0.2, 0.25) is 0 Å². The molecule has 6 aromatic rings. The number of rotatable bonds is 5. The van der Waals surface area contributed by atoms with Crippen molar-refractivity contribution in [2.24, 2.45) is 0 Å². The molecule has 0 aliphatic heterocycles. The van der Waals surface area contributed by atoms with Crippen LogP contribution >= 0.6 is 0 Å². The third-order valence-electron chi connectivity index (χ3n) is 6.45. The minimum Gasteiger partial charge on any atom is -0.310 e. The molecule has 0 heterocycles. The number of anilines is 3. The summed E-state index contributed by atoms with van der Waals surface area (Å²) in [5, 5.41) is 2.53. The smallest absolute Gasteiger partial charge is 0.0540 e. The van der Waals surface area contributed by atoms with Gasteiger partial charge < -0.3 is 4.90 Å². The molecule has 1 nitrogen and oxygen atoms in total. The number of benzene rings is 6. The topological polar surface area (TPSA) is 3.24 Å². The van der Waals surface area contributed by atoms with Crippen molar-refractivity contribution in [2.45, 2.75) is 0 Å². The number of nitrogens with zero attached hydrogens (tertiary/aromatic N) is 1. The fourth-order valence-electron chi connectivity index (χ4n) is 4.83. The first-order valence-electron chi connectivity index (χ1n) is 12.0.